The summed E-state index contributed by atoms with van der Waals surface area (Å²) < 4.78 is 0. The summed E-state index contributed by atoms with van der Waals surface area (Å²) >= 11 is 0. The highest BCUT2D eigenvalue weighted by molar-refractivity contribution is 5.77. The van der Waals surface area contributed by atoms with Crippen LogP contribution in [0, 0.1) is 139 Å². The average molecular weight is 363 g/mol. The van der Waals surface area contributed by atoms with Crippen molar-refractivity contribution in [2.24, 2.45) is 139 Å². The van der Waals surface area contributed by atoms with E-state index < -0.39 is 0 Å². The molecule has 0 amide bonds. The molecule has 0 radical (unpaired) electrons. The summed E-state index contributed by atoms with van der Waals surface area (Å²) in [6, 6.07) is 0. The number of fused-ring (bicyclic) bond motifs is 12. The van der Waals surface area contributed by atoms with Gasteiger partial charge in [-0.1, -0.05) is 6.92 Å². The Hall–Kier alpha value is 0. The Balaban J connectivity index is 1.03. The quantitative estimate of drug-likeness (QED) is 0.615. The summed E-state index contributed by atoms with van der Waals surface area (Å²) in [6.07, 6.45) is 5.19. The molecule has 16 aliphatic carbocycles. The summed E-state index contributed by atoms with van der Waals surface area (Å²) in [5, 5.41) is 0. The lowest BCUT2D eigenvalue weighted by Crippen LogP contribution is -3.31. The predicted molar refractivity (Wildman–Crippen MR) is 95.9 cm³/mol. The van der Waals surface area contributed by atoms with Crippen LogP contribution in [0.4, 0.5) is 0 Å². The van der Waals surface area contributed by atoms with Crippen LogP contribution in [0.2, 0.25) is 0 Å². The molecule has 0 N–H and O–H groups in total. The molecule has 23 unspecified atom stereocenters. The van der Waals surface area contributed by atoms with Crippen molar-refractivity contribution in [2.75, 3.05) is 0 Å². The van der Waals surface area contributed by atoms with Crippen LogP contribution in [0.3, 0.4) is 0 Å². The van der Waals surface area contributed by atoms with Crippen molar-refractivity contribution >= 4 is 0 Å². The monoisotopic (exact) mass is 362 g/mol. The highest BCUT2D eigenvalue weighted by Crippen LogP contribution is 3.34. The third kappa shape index (κ3) is 0.342. The standard InChI is InChI=1S/C28H26/c1-5-7-4-10-14-18-20-16-12-8-2-6-3-9-13-17-21-19-15-11(5)23(7,10)25(14,15)27(18,19)28(20,21)26(16,17)24(12,13)22(6,8)9/h5-21H,2-4H2,1H3/t5-,6?,7?,8?,9?,10?,11?,12?,13?,14?,15?,16?,17?,18?,19?,20?,21?,22?,23?,24?,25?,26?,27?,28?/m0/s1. The van der Waals surface area contributed by atoms with E-state index in [1.54, 1.807) is 19.3 Å². The Labute approximate surface area is 164 Å². The molecular weight excluding hydrogens is 336 g/mol. The van der Waals surface area contributed by atoms with Gasteiger partial charge >= 0.3 is 0 Å². The zero-order valence-corrected chi connectivity index (χ0v) is 16.4. The largest absolute Gasteiger partial charge is 0.0619 e. The van der Waals surface area contributed by atoms with Crippen molar-refractivity contribution in [1.82, 2.24) is 0 Å². The first-order chi connectivity index (χ1) is 13.8. The van der Waals surface area contributed by atoms with E-state index >= 15 is 0 Å². The third-order valence-corrected chi connectivity index (χ3v) is 20.7. The Bertz CT molecular complexity index is 1260. The maximum Gasteiger partial charge on any atom is -0.00932 e. The maximum absolute atomic E-state index is 2.71. The lowest BCUT2D eigenvalue weighted by Gasteiger charge is -3.34. The van der Waals surface area contributed by atoms with Crippen LogP contribution in [0.1, 0.15) is 26.2 Å². The smallest absolute Gasteiger partial charge is 0.00932 e. The topological polar surface area (TPSA) is 0 Å². The Morgan fingerprint density at radius 2 is 0.893 bits per heavy atom. The lowest BCUT2D eigenvalue weighted by molar-refractivity contribution is -0.882. The second kappa shape index (κ2) is 1.98. The molecule has 0 heterocycles. The zero-order chi connectivity index (χ0) is 16.4. The van der Waals surface area contributed by atoms with Crippen molar-refractivity contribution in [1.29, 1.82) is 0 Å². The molecule has 7 spiro atoms. The van der Waals surface area contributed by atoms with Crippen LogP contribution in [0.5, 0.6) is 0 Å². The fourth-order valence-corrected chi connectivity index (χ4v) is 23.7. The summed E-state index contributed by atoms with van der Waals surface area (Å²) in [5.74, 6) is 22.5. The molecule has 0 saturated heterocycles. The Morgan fingerprint density at radius 3 is 1.50 bits per heavy atom. The normalized spacial score (nSPS) is 116. The van der Waals surface area contributed by atoms with Gasteiger partial charge in [0.1, 0.15) is 0 Å². The summed E-state index contributed by atoms with van der Waals surface area (Å²) in [4.78, 5) is 0. The van der Waals surface area contributed by atoms with Gasteiger partial charge in [0, 0.05) is 0 Å². The summed E-state index contributed by atoms with van der Waals surface area (Å²) in [5.41, 5.74) is 7.56. The Morgan fingerprint density at radius 1 is 0.429 bits per heavy atom. The van der Waals surface area contributed by atoms with E-state index in [1.165, 1.54) is 101 Å². The van der Waals surface area contributed by atoms with Crippen LogP contribution in [0.25, 0.3) is 0 Å². The van der Waals surface area contributed by atoms with Gasteiger partial charge in [-0.2, -0.15) is 0 Å². The van der Waals surface area contributed by atoms with Gasteiger partial charge < -0.3 is 0 Å². The van der Waals surface area contributed by atoms with E-state index in [0.717, 1.165) is 37.9 Å². The highest BCUT2D eigenvalue weighted by Gasteiger charge is 3.32. The van der Waals surface area contributed by atoms with Crippen LogP contribution >= 0.6 is 0 Å². The predicted octanol–water partition coefficient (Wildman–Crippen LogP) is 3.77. The second-order valence-electron chi connectivity index (χ2n) is 16.7. The van der Waals surface area contributed by atoms with Crippen molar-refractivity contribution in [3.63, 3.8) is 0 Å². The molecule has 28 heavy (non-hydrogen) atoms. The van der Waals surface area contributed by atoms with Gasteiger partial charge in [-0.3, -0.25) is 0 Å². The van der Waals surface area contributed by atoms with Crippen LogP contribution < -0.4 is 0 Å². The minimum atomic E-state index is 1.05. The van der Waals surface area contributed by atoms with Crippen molar-refractivity contribution in [2.45, 2.75) is 26.2 Å². The molecule has 0 aromatic heterocycles. The highest BCUT2D eigenvalue weighted by atomic mass is 15.3. The molecule has 0 heteroatoms. The average Bonchev–Trinajstić information content (AvgIpc) is 2.56. The first-order valence-electron chi connectivity index (χ1n) is 13.8. The molecule has 0 aromatic rings. The van der Waals surface area contributed by atoms with Crippen LogP contribution in [-0.4, -0.2) is 0 Å². The number of hydrogen-bond acceptors (Lipinski definition) is 0. The minimum Gasteiger partial charge on any atom is -0.0619 e. The molecule has 138 valence electrons. The molecule has 0 nitrogen and oxygen atoms in total. The number of rotatable bonds is 0. The van der Waals surface area contributed by atoms with E-state index in [9.17, 15) is 0 Å². The maximum atomic E-state index is 2.71. The van der Waals surface area contributed by atoms with E-state index in [0.29, 0.717) is 0 Å². The third-order valence-electron chi connectivity index (χ3n) is 20.7. The second-order valence-corrected chi connectivity index (χ2v) is 16.7. The van der Waals surface area contributed by atoms with E-state index in [2.05, 4.69) is 6.92 Å². The van der Waals surface area contributed by atoms with Gasteiger partial charge in [0.05, 0.1) is 0 Å². The zero-order valence-electron chi connectivity index (χ0n) is 16.4. The van der Waals surface area contributed by atoms with Gasteiger partial charge in [-0.25, -0.2) is 0 Å². The van der Waals surface area contributed by atoms with Gasteiger partial charge in [-0.05, 0) is 158 Å². The van der Waals surface area contributed by atoms with Gasteiger partial charge in [0.15, 0.2) is 0 Å². The molecule has 0 aliphatic heterocycles. The summed E-state index contributed by atoms with van der Waals surface area (Å²) in [7, 11) is 0. The molecule has 24 atom stereocenters. The first kappa shape index (κ1) is 11.0. The molecule has 0 bridgehead atoms. The number of hydrogen-bond donors (Lipinski definition) is 0. The van der Waals surface area contributed by atoms with Crippen molar-refractivity contribution in [3.8, 4) is 0 Å². The molecule has 16 rings (SSSR count). The lowest BCUT2D eigenvalue weighted by atomic mass is 8.70. The minimum absolute atomic E-state index is 1.05. The van der Waals surface area contributed by atoms with Crippen molar-refractivity contribution in [3.05, 3.63) is 0 Å². The SMILES string of the molecule is C[C@H]1C2CC3C4C5C6C7C8C9CC%10CC%11C%12C%13C%14C%15C%16C1C32C4%16C5%15C6%14C7%13C8%12C%109%11. The summed E-state index contributed by atoms with van der Waals surface area (Å²) in [6.45, 7) is 2.71. The van der Waals surface area contributed by atoms with E-state index in [-0.39, 0.29) is 0 Å². The molecule has 16 aliphatic rings. The fraction of sp³-hybridized carbons (Fsp3) is 1.00. The molecule has 16 saturated carbocycles. The van der Waals surface area contributed by atoms with Crippen molar-refractivity contribution < 1.29 is 0 Å². The first-order valence-corrected chi connectivity index (χ1v) is 13.8. The van der Waals surface area contributed by atoms with Gasteiger partial charge in [0.2, 0.25) is 0 Å². The van der Waals surface area contributed by atoms with E-state index in [1.807, 2.05) is 0 Å². The van der Waals surface area contributed by atoms with Gasteiger partial charge in [-0.15, -0.1) is 0 Å². The Kier molecular flexibility index (Phi) is 0.781. The van der Waals surface area contributed by atoms with Crippen LogP contribution in [0.15, 0.2) is 0 Å². The fourth-order valence-electron chi connectivity index (χ4n) is 23.7. The molecule has 0 aromatic carbocycles. The molecular formula is C28H26. The van der Waals surface area contributed by atoms with Gasteiger partial charge in [0.25, 0.3) is 0 Å². The molecule has 16 fully saturated rings. The van der Waals surface area contributed by atoms with E-state index in [4.69, 9.17) is 0 Å². The van der Waals surface area contributed by atoms with Crippen LogP contribution in [-0.2, 0) is 0 Å².